The summed E-state index contributed by atoms with van der Waals surface area (Å²) in [6.07, 6.45) is 0.781. The van der Waals surface area contributed by atoms with Gasteiger partial charge in [-0.25, -0.2) is 4.79 Å². The predicted molar refractivity (Wildman–Crippen MR) is 99.1 cm³/mol. The molecular weight excluding hydrogens is 356 g/mol. The average Bonchev–Trinajstić information content (AvgIpc) is 2.68. The molecule has 0 N–H and O–H groups in total. The minimum absolute atomic E-state index is 0.0221. The van der Waals surface area contributed by atoms with Gasteiger partial charge >= 0.3 is 11.9 Å². The van der Waals surface area contributed by atoms with Gasteiger partial charge < -0.3 is 14.2 Å². The summed E-state index contributed by atoms with van der Waals surface area (Å²) in [5.41, 5.74) is 0.403. The zero-order chi connectivity index (χ0) is 19.1. The first kappa shape index (κ1) is 19.8. The van der Waals surface area contributed by atoms with Crippen LogP contribution in [0, 0.1) is 5.92 Å². The number of halogens is 1. The van der Waals surface area contributed by atoms with Crippen LogP contribution in [0.4, 0.5) is 0 Å². The summed E-state index contributed by atoms with van der Waals surface area (Å²) < 4.78 is 15.6. The van der Waals surface area contributed by atoms with Gasteiger partial charge in [-0.05, 0) is 54.4 Å². The van der Waals surface area contributed by atoms with Crippen LogP contribution in [0.2, 0.25) is 0 Å². The van der Waals surface area contributed by atoms with Gasteiger partial charge in [0.1, 0.15) is 22.6 Å². The fraction of sp³-hybridized carbons (Fsp3) is 0.300. The van der Waals surface area contributed by atoms with Crippen LogP contribution in [0.3, 0.4) is 0 Å². The predicted octanol–water partition coefficient (Wildman–Crippen LogP) is 4.47. The van der Waals surface area contributed by atoms with Crippen LogP contribution < -0.4 is 14.2 Å². The highest BCUT2D eigenvalue weighted by atomic mass is 35.5. The minimum Gasteiger partial charge on any atom is -0.497 e. The van der Waals surface area contributed by atoms with Crippen molar-refractivity contribution in [3.05, 3.63) is 54.1 Å². The Kier molecular flexibility index (Phi) is 7.04. The Hall–Kier alpha value is -2.53. The molecule has 2 rings (SSSR count). The van der Waals surface area contributed by atoms with Crippen LogP contribution in [-0.2, 0) is 4.79 Å². The largest absolute Gasteiger partial charge is 0.497 e. The van der Waals surface area contributed by atoms with Gasteiger partial charge in [0, 0.05) is 0 Å². The van der Waals surface area contributed by atoms with E-state index < -0.39 is 17.3 Å². The van der Waals surface area contributed by atoms with Gasteiger partial charge in [0.05, 0.1) is 12.7 Å². The molecule has 0 aliphatic heterocycles. The summed E-state index contributed by atoms with van der Waals surface area (Å²) in [6, 6.07) is 12.8. The third-order valence-electron chi connectivity index (χ3n) is 3.95. The Bertz CT molecular complexity index is 740. The average molecular weight is 377 g/mol. The summed E-state index contributed by atoms with van der Waals surface area (Å²) in [5.74, 6) is 0.374. The molecular formula is C20H21ClO5. The highest BCUT2D eigenvalue weighted by Gasteiger charge is 2.23. The summed E-state index contributed by atoms with van der Waals surface area (Å²) in [6.45, 7) is 3.85. The third kappa shape index (κ3) is 5.23. The second kappa shape index (κ2) is 9.25. The maximum absolute atomic E-state index is 12.1. The van der Waals surface area contributed by atoms with Gasteiger partial charge in [-0.2, -0.15) is 0 Å². The highest BCUT2D eigenvalue weighted by Crippen LogP contribution is 2.22. The molecule has 6 heteroatoms. The maximum Gasteiger partial charge on any atom is 0.343 e. The van der Waals surface area contributed by atoms with Gasteiger partial charge in [-0.15, -0.1) is 11.6 Å². The van der Waals surface area contributed by atoms with Crippen molar-refractivity contribution in [1.82, 2.24) is 0 Å². The van der Waals surface area contributed by atoms with E-state index >= 15 is 0 Å². The first-order chi connectivity index (χ1) is 12.4. The molecule has 26 heavy (non-hydrogen) atoms. The van der Waals surface area contributed by atoms with Gasteiger partial charge in [0.2, 0.25) is 0 Å². The zero-order valence-electron chi connectivity index (χ0n) is 14.9. The summed E-state index contributed by atoms with van der Waals surface area (Å²) in [5, 5.41) is -0.701. The number of alkyl halides is 1. The van der Waals surface area contributed by atoms with Crippen LogP contribution in [0.15, 0.2) is 48.5 Å². The number of methoxy groups -OCH3 is 1. The Labute approximate surface area is 157 Å². The van der Waals surface area contributed by atoms with Gasteiger partial charge in [0.15, 0.2) is 0 Å². The molecule has 138 valence electrons. The van der Waals surface area contributed by atoms with Gasteiger partial charge in [-0.1, -0.05) is 20.3 Å². The van der Waals surface area contributed by atoms with Crippen LogP contribution in [0.1, 0.15) is 30.6 Å². The maximum atomic E-state index is 12.1. The van der Waals surface area contributed by atoms with Crippen LogP contribution in [-0.4, -0.2) is 24.4 Å². The van der Waals surface area contributed by atoms with Crippen LogP contribution >= 0.6 is 11.6 Å². The van der Waals surface area contributed by atoms with Crippen LogP contribution in [0.25, 0.3) is 0 Å². The topological polar surface area (TPSA) is 61.8 Å². The number of carbonyl (C=O) groups excluding carboxylic acids is 2. The second-order valence-corrected chi connectivity index (χ2v) is 6.27. The summed E-state index contributed by atoms with van der Waals surface area (Å²) in [7, 11) is 1.55. The number of esters is 2. The van der Waals surface area contributed by atoms with E-state index in [4.69, 9.17) is 25.8 Å². The lowest BCUT2D eigenvalue weighted by molar-refractivity contribution is -0.134. The van der Waals surface area contributed by atoms with Crippen LogP contribution in [0.5, 0.6) is 17.2 Å². The van der Waals surface area contributed by atoms with E-state index in [2.05, 4.69) is 0 Å². The first-order valence-corrected chi connectivity index (χ1v) is 8.70. The van der Waals surface area contributed by atoms with E-state index in [0.717, 1.165) is 6.42 Å². The molecule has 0 aromatic heterocycles. The van der Waals surface area contributed by atoms with Crippen molar-refractivity contribution in [2.45, 2.75) is 25.6 Å². The molecule has 0 unspecified atom stereocenters. The Morgan fingerprint density at radius 1 is 0.923 bits per heavy atom. The lowest BCUT2D eigenvalue weighted by Crippen LogP contribution is -2.26. The van der Waals surface area contributed by atoms with Crippen molar-refractivity contribution >= 4 is 23.5 Å². The lowest BCUT2D eigenvalue weighted by atomic mass is 10.1. The third-order valence-corrected chi connectivity index (χ3v) is 4.56. The number of hydrogen-bond acceptors (Lipinski definition) is 5. The summed E-state index contributed by atoms with van der Waals surface area (Å²) in [4.78, 5) is 24.1. The summed E-state index contributed by atoms with van der Waals surface area (Å²) >= 11 is 6.07. The van der Waals surface area contributed by atoms with E-state index in [9.17, 15) is 9.59 Å². The fourth-order valence-electron chi connectivity index (χ4n) is 2.08. The molecule has 0 fully saturated rings. The number of rotatable bonds is 7. The molecule has 0 radical (unpaired) electrons. The van der Waals surface area contributed by atoms with Crippen molar-refractivity contribution in [2.75, 3.05) is 7.11 Å². The quantitative estimate of drug-likeness (QED) is 0.405. The SMILES string of the molecule is CC[C@H](C)[C@H](Cl)C(=O)Oc1ccc(OC(=O)c2ccc(OC)cc2)cc1. The molecule has 0 aliphatic rings. The van der Waals surface area contributed by atoms with Crippen molar-refractivity contribution in [1.29, 1.82) is 0 Å². The molecule has 0 spiro atoms. The molecule has 5 nitrogen and oxygen atoms in total. The fourth-order valence-corrected chi connectivity index (χ4v) is 2.30. The molecule has 0 aliphatic carbocycles. The second-order valence-electron chi connectivity index (χ2n) is 5.80. The van der Waals surface area contributed by atoms with E-state index in [0.29, 0.717) is 22.8 Å². The molecule has 0 bridgehead atoms. The number of carbonyl (C=O) groups is 2. The Morgan fingerprint density at radius 3 is 1.92 bits per heavy atom. The van der Waals surface area contributed by atoms with E-state index in [-0.39, 0.29) is 5.92 Å². The minimum atomic E-state index is -0.701. The molecule has 2 atom stereocenters. The monoisotopic (exact) mass is 376 g/mol. The molecule has 0 heterocycles. The first-order valence-electron chi connectivity index (χ1n) is 8.26. The van der Waals surface area contributed by atoms with Crippen molar-refractivity contribution in [3.8, 4) is 17.2 Å². The zero-order valence-corrected chi connectivity index (χ0v) is 15.7. The number of ether oxygens (including phenoxy) is 3. The molecule has 0 saturated heterocycles. The molecule has 2 aromatic rings. The smallest absolute Gasteiger partial charge is 0.343 e. The van der Waals surface area contributed by atoms with E-state index in [1.54, 1.807) is 55.6 Å². The Balaban J connectivity index is 1.96. The normalized spacial score (nSPS) is 12.8. The highest BCUT2D eigenvalue weighted by molar-refractivity contribution is 6.30. The van der Waals surface area contributed by atoms with E-state index in [1.807, 2.05) is 13.8 Å². The number of hydrogen-bond donors (Lipinski definition) is 0. The molecule has 0 amide bonds. The standard InChI is InChI=1S/C20H21ClO5/c1-4-13(2)18(21)20(23)26-17-11-9-16(10-12-17)25-19(22)14-5-7-15(24-3)8-6-14/h5-13,18H,4H2,1-3H3/t13-,18-/m0/s1. The van der Waals surface area contributed by atoms with Crippen molar-refractivity contribution < 1.29 is 23.8 Å². The van der Waals surface area contributed by atoms with Gasteiger partial charge in [-0.3, -0.25) is 4.79 Å². The molecule has 2 aromatic carbocycles. The van der Waals surface area contributed by atoms with Gasteiger partial charge in [0.25, 0.3) is 0 Å². The Morgan fingerprint density at radius 2 is 1.42 bits per heavy atom. The number of benzene rings is 2. The van der Waals surface area contributed by atoms with Crippen molar-refractivity contribution in [3.63, 3.8) is 0 Å². The van der Waals surface area contributed by atoms with Crippen molar-refractivity contribution in [2.24, 2.45) is 5.92 Å². The lowest BCUT2D eigenvalue weighted by Gasteiger charge is -2.14. The molecule has 0 saturated carbocycles. The van der Waals surface area contributed by atoms with E-state index in [1.165, 1.54) is 0 Å².